The largest absolute Gasteiger partial charge is 2.00 e. The Labute approximate surface area is 189 Å². The molecule has 3 aromatic carbocycles. The predicted molar refractivity (Wildman–Crippen MR) is 100 cm³/mol. The molecule has 1 amide bonds. The molecule has 0 heterocycles. The van der Waals surface area contributed by atoms with Crippen LogP contribution in [0.5, 0.6) is 11.5 Å². The number of fused-ring (bicyclic) bond motifs is 1. The summed E-state index contributed by atoms with van der Waals surface area (Å²) in [4.78, 5) is 11.6. The quantitative estimate of drug-likeness (QED) is 0.523. The summed E-state index contributed by atoms with van der Waals surface area (Å²) in [5.41, 5.74) is 0.343. The van der Waals surface area contributed by atoms with Crippen molar-refractivity contribution in [2.75, 3.05) is 12.4 Å². The molecule has 0 saturated heterocycles. The number of carbonyl (C=O) groups excluding carboxylic acids is 1. The monoisotopic (exact) mass is 409 g/mol. The van der Waals surface area contributed by atoms with Gasteiger partial charge in [0.25, 0.3) is 0 Å². The van der Waals surface area contributed by atoms with Crippen molar-refractivity contribution in [3.05, 3.63) is 53.6 Å². The molecule has 0 aliphatic heterocycles. The zero-order valence-corrected chi connectivity index (χ0v) is 17.2. The maximum absolute atomic E-state index is 12.3. The number of benzene rings is 3. The number of hydrogen-bond acceptors (Lipinski definition) is 6. The molecule has 27 heavy (non-hydrogen) atoms. The number of amides is 1. The van der Waals surface area contributed by atoms with E-state index in [4.69, 9.17) is 11.6 Å². The third kappa shape index (κ3) is 4.81. The van der Waals surface area contributed by atoms with Crippen LogP contribution in [0.3, 0.4) is 0 Å². The van der Waals surface area contributed by atoms with Gasteiger partial charge in [0.1, 0.15) is 0 Å². The molecular weight excluding hydrogens is 398 g/mol. The number of nitrogens with zero attached hydrogens (tertiary/aromatic N) is 2. The molecule has 0 aliphatic rings. The Hall–Kier alpha value is -2.06. The second kappa shape index (κ2) is 9.23. The normalized spacial score (nSPS) is 10.6. The summed E-state index contributed by atoms with van der Waals surface area (Å²) in [6.45, 7) is 0. The van der Waals surface area contributed by atoms with Gasteiger partial charge >= 0.3 is 43.8 Å². The van der Waals surface area contributed by atoms with Crippen molar-refractivity contribution in [1.29, 1.82) is 0 Å². The first-order valence-electron chi connectivity index (χ1n) is 7.45. The van der Waals surface area contributed by atoms with Crippen LogP contribution in [0.2, 0.25) is 5.02 Å². The van der Waals surface area contributed by atoms with Gasteiger partial charge in [-0.3, -0.25) is 5.32 Å². The summed E-state index contributed by atoms with van der Waals surface area (Å²) in [6.07, 6.45) is -0.687. The van der Waals surface area contributed by atoms with Crippen LogP contribution in [0, 0.1) is 0 Å². The summed E-state index contributed by atoms with van der Waals surface area (Å²) in [7, 11) is 1.23. The molecule has 0 aromatic heterocycles. The van der Waals surface area contributed by atoms with Crippen molar-refractivity contribution >= 4 is 83.3 Å². The molecule has 0 fully saturated rings. The fourth-order valence-electron chi connectivity index (χ4n) is 2.38. The molecule has 0 spiro atoms. The maximum Gasteiger partial charge on any atom is 2.00 e. The van der Waals surface area contributed by atoms with E-state index in [9.17, 15) is 15.0 Å². The SMILES string of the molecule is COC(=O)Nc1cccc2ccc([O-])c(N=Nc3cc(Cl)ccc3[O-])c12.[Ca+2]. The minimum atomic E-state index is -0.687. The number of ether oxygens (including phenoxy) is 1. The van der Waals surface area contributed by atoms with E-state index in [-0.39, 0.29) is 54.9 Å². The van der Waals surface area contributed by atoms with Crippen molar-refractivity contribution in [3.63, 3.8) is 0 Å². The Morgan fingerprint density at radius 1 is 1.07 bits per heavy atom. The van der Waals surface area contributed by atoms with Gasteiger partial charge in [-0.15, -0.1) is 0 Å². The second-order valence-corrected chi connectivity index (χ2v) is 5.68. The average molecular weight is 410 g/mol. The van der Waals surface area contributed by atoms with Crippen molar-refractivity contribution in [2.24, 2.45) is 10.2 Å². The first-order valence-corrected chi connectivity index (χ1v) is 7.83. The number of anilines is 1. The van der Waals surface area contributed by atoms with Crippen molar-refractivity contribution in [1.82, 2.24) is 0 Å². The average Bonchev–Trinajstić information content (AvgIpc) is 2.63. The number of methoxy groups -OCH3 is 1. The van der Waals surface area contributed by atoms with E-state index in [1.807, 2.05) is 0 Å². The van der Waals surface area contributed by atoms with E-state index in [2.05, 4.69) is 20.3 Å². The molecule has 3 aromatic rings. The fraction of sp³-hybridized carbons (Fsp3) is 0.0556. The van der Waals surface area contributed by atoms with Gasteiger partial charge in [-0.05, 0) is 23.6 Å². The molecule has 1 N–H and O–H groups in total. The number of halogens is 1. The fourth-order valence-corrected chi connectivity index (χ4v) is 2.54. The third-order valence-corrected chi connectivity index (χ3v) is 3.82. The number of rotatable bonds is 3. The van der Waals surface area contributed by atoms with Crippen LogP contribution in [-0.4, -0.2) is 50.9 Å². The molecular formula is C18H12CaClN3O4. The number of carbonyl (C=O) groups is 1. The Morgan fingerprint density at radius 3 is 2.56 bits per heavy atom. The molecule has 0 unspecified atom stereocenters. The van der Waals surface area contributed by atoms with E-state index in [0.717, 1.165) is 0 Å². The van der Waals surface area contributed by atoms with E-state index < -0.39 is 11.8 Å². The number of nitrogens with one attached hydrogen (secondary N) is 1. The summed E-state index contributed by atoms with van der Waals surface area (Å²) in [6, 6.07) is 12.1. The van der Waals surface area contributed by atoms with E-state index >= 15 is 0 Å². The molecule has 0 bridgehead atoms. The topological polar surface area (TPSA) is 109 Å². The second-order valence-electron chi connectivity index (χ2n) is 5.24. The minimum absolute atomic E-state index is 0. The molecule has 9 heteroatoms. The van der Waals surface area contributed by atoms with Crippen LogP contribution >= 0.6 is 11.6 Å². The van der Waals surface area contributed by atoms with Gasteiger partial charge in [0.15, 0.2) is 0 Å². The van der Waals surface area contributed by atoms with Gasteiger partial charge < -0.3 is 14.9 Å². The summed E-state index contributed by atoms with van der Waals surface area (Å²) in [5, 5.41) is 35.9. The molecule has 132 valence electrons. The van der Waals surface area contributed by atoms with Crippen LogP contribution in [0.15, 0.2) is 58.8 Å². The van der Waals surface area contributed by atoms with Crippen LogP contribution in [0.25, 0.3) is 10.8 Å². The van der Waals surface area contributed by atoms with E-state index in [1.165, 1.54) is 31.4 Å². The Balaban J connectivity index is 0.00000261. The van der Waals surface area contributed by atoms with Gasteiger partial charge in [0, 0.05) is 10.4 Å². The summed E-state index contributed by atoms with van der Waals surface area (Å²) in [5.74, 6) is -0.784. The van der Waals surface area contributed by atoms with Crippen molar-refractivity contribution < 1.29 is 19.7 Å². The van der Waals surface area contributed by atoms with Gasteiger partial charge in [0.05, 0.1) is 24.2 Å². The van der Waals surface area contributed by atoms with E-state index in [0.29, 0.717) is 21.5 Å². The molecule has 7 nitrogen and oxygen atoms in total. The molecule has 3 rings (SSSR count). The van der Waals surface area contributed by atoms with Crippen molar-refractivity contribution in [2.45, 2.75) is 0 Å². The zero-order valence-electron chi connectivity index (χ0n) is 14.2. The molecule has 0 saturated carbocycles. The first kappa shape index (κ1) is 21.2. The van der Waals surface area contributed by atoms with Gasteiger partial charge in [-0.25, -0.2) is 4.79 Å². The van der Waals surface area contributed by atoms with Crippen molar-refractivity contribution in [3.8, 4) is 11.5 Å². The Morgan fingerprint density at radius 2 is 1.81 bits per heavy atom. The molecule has 0 radical (unpaired) electrons. The molecule has 0 aliphatic carbocycles. The zero-order chi connectivity index (χ0) is 18.7. The summed E-state index contributed by atoms with van der Waals surface area (Å²) >= 11 is 5.86. The maximum atomic E-state index is 12.3. The number of hydrogen-bond donors (Lipinski definition) is 1. The van der Waals surface area contributed by atoms with Gasteiger partial charge in [0.2, 0.25) is 0 Å². The minimum Gasteiger partial charge on any atom is -0.871 e. The van der Waals surface area contributed by atoms with Crippen LogP contribution in [0.4, 0.5) is 21.9 Å². The first-order chi connectivity index (χ1) is 12.5. The predicted octanol–water partition coefficient (Wildman–Crippen LogP) is 3.85. The van der Waals surface area contributed by atoms with Crippen LogP contribution in [-0.2, 0) is 4.74 Å². The standard InChI is InChI=1S/C18H14ClN3O4.Ca/c1-26-18(25)20-12-4-2-3-10-5-7-15(24)17(16(10)12)22-21-13-9-11(19)6-8-14(13)23;/h2-9,23-24H,1H3,(H,20,25);/q;+2/p-2. The number of azo groups is 1. The van der Waals surface area contributed by atoms with E-state index in [1.54, 1.807) is 24.3 Å². The van der Waals surface area contributed by atoms with Crippen LogP contribution in [0.1, 0.15) is 0 Å². The Kier molecular flexibility index (Phi) is 7.26. The van der Waals surface area contributed by atoms with Gasteiger partial charge in [-0.1, -0.05) is 53.4 Å². The van der Waals surface area contributed by atoms with Crippen LogP contribution < -0.4 is 15.5 Å². The third-order valence-electron chi connectivity index (χ3n) is 3.58. The smallest absolute Gasteiger partial charge is 0.871 e. The Bertz CT molecular complexity index is 1030. The molecule has 0 atom stereocenters. The summed E-state index contributed by atoms with van der Waals surface area (Å²) < 4.78 is 4.59. The van der Waals surface area contributed by atoms with Gasteiger partial charge in [-0.2, -0.15) is 10.2 Å².